The molecule has 0 spiro atoms. The summed E-state index contributed by atoms with van der Waals surface area (Å²) in [5, 5.41) is 0. The molecule has 0 aliphatic carbocycles. The number of hydrogen-bond donors (Lipinski definition) is 0. The molecule has 0 heterocycles. The molecule has 0 fully saturated rings. The molecule has 0 aliphatic heterocycles. The number of methoxy groups -OCH3 is 2. The summed E-state index contributed by atoms with van der Waals surface area (Å²) in [6, 6.07) is 16.4. The first-order valence-corrected chi connectivity index (χ1v) is 7.75. The summed E-state index contributed by atoms with van der Waals surface area (Å²) in [5.74, 6) is 3.05. The Morgan fingerprint density at radius 2 is 0.818 bits per heavy atom. The van der Waals surface area contributed by atoms with Crippen LogP contribution in [0.1, 0.15) is 50.7 Å². The van der Waals surface area contributed by atoms with Crippen molar-refractivity contribution in [3.05, 3.63) is 59.7 Å². The zero-order valence-electron chi connectivity index (χ0n) is 14.6. The van der Waals surface area contributed by atoms with Crippen molar-refractivity contribution in [1.29, 1.82) is 0 Å². The minimum atomic E-state index is 0.598. The molecule has 0 saturated carbocycles. The van der Waals surface area contributed by atoms with Crippen LogP contribution in [-0.2, 0) is 0 Å². The van der Waals surface area contributed by atoms with Gasteiger partial charge in [-0.2, -0.15) is 0 Å². The van der Waals surface area contributed by atoms with Crippen LogP contribution in [0.15, 0.2) is 48.5 Å². The average Bonchev–Trinajstić information content (AvgIpc) is 2.55. The lowest BCUT2D eigenvalue weighted by molar-refractivity contribution is 0.414. The SMILES string of the molecule is COc1ccc(C(C)C)cc1.COc1ccc(C(C)C)cc1. The van der Waals surface area contributed by atoms with Crippen molar-refractivity contribution in [3.8, 4) is 11.5 Å². The first-order chi connectivity index (χ1) is 10.5. The standard InChI is InChI=1S/2C10H14O/c2*1-8(2)9-4-6-10(11-3)7-5-9/h2*4-8H,1-3H3. The van der Waals surface area contributed by atoms with Crippen molar-refractivity contribution < 1.29 is 9.47 Å². The van der Waals surface area contributed by atoms with Crippen molar-refractivity contribution >= 4 is 0 Å². The second kappa shape index (κ2) is 9.14. The molecule has 2 nitrogen and oxygen atoms in total. The van der Waals surface area contributed by atoms with Gasteiger partial charge in [-0.25, -0.2) is 0 Å². The highest BCUT2D eigenvalue weighted by molar-refractivity contribution is 5.29. The van der Waals surface area contributed by atoms with E-state index in [-0.39, 0.29) is 0 Å². The molecule has 2 aromatic rings. The fourth-order valence-corrected chi connectivity index (χ4v) is 1.98. The molecule has 0 aromatic heterocycles. The second-order valence-electron chi connectivity index (χ2n) is 5.86. The Hall–Kier alpha value is -1.96. The van der Waals surface area contributed by atoms with Crippen molar-refractivity contribution in [3.63, 3.8) is 0 Å². The van der Waals surface area contributed by atoms with E-state index in [1.54, 1.807) is 14.2 Å². The maximum absolute atomic E-state index is 5.05. The summed E-state index contributed by atoms with van der Waals surface area (Å²) >= 11 is 0. The van der Waals surface area contributed by atoms with E-state index in [2.05, 4.69) is 52.0 Å². The lowest BCUT2D eigenvalue weighted by Gasteiger charge is -2.05. The molecular formula is C20H28O2. The fraction of sp³-hybridized carbons (Fsp3) is 0.400. The molecule has 0 N–H and O–H groups in total. The highest BCUT2D eigenvalue weighted by Crippen LogP contribution is 2.18. The predicted octanol–water partition coefficient (Wildman–Crippen LogP) is 5.64. The van der Waals surface area contributed by atoms with Gasteiger partial charge in [-0.1, -0.05) is 52.0 Å². The van der Waals surface area contributed by atoms with E-state index in [4.69, 9.17) is 9.47 Å². The molecule has 0 aliphatic rings. The molecular weight excluding hydrogens is 272 g/mol. The van der Waals surface area contributed by atoms with Crippen LogP contribution in [0, 0.1) is 0 Å². The van der Waals surface area contributed by atoms with Gasteiger partial charge in [-0.3, -0.25) is 0 Å². The summed E-state index contributed by atoms with van der Waals surface area (Å²) in [6.45, 7) is 8.73. The Labute approximate surface area is 135 Å². The minimum absolute atomic E-state index is 0.598. The van der Waals surface area contributed by atoms with Gasteiger partial charge in [0, 0.05) is 0 Å². The van der Waals surface area contributed by atoms with Crippen LogP contribution >= 0.6 is 0 Å². The molecule has 0 radical (unpaired) electrons. The maximum atomic E-state index is 5.05. The third-order valence-corrected chi connectivity index (χ3v) is 3.56. The van der Waals surface area contributed by atoms with E-state index in [0.29, 0.717) is 11.8 Å². The first kappa shape index (κ1) is 18.1. The molecule has 0 unspecified atom stereocenters. The molecule has 2 rings (SSSR count). The van der Waals surface area contributed by atoms with Gasteiger partial charge in [0.05, 0.1) is 14.2 Å². The number of ether oxygens (including phenoxy) is 2. The van der Waals surface area contributed by atoms with Gasteiger partial charge in [-0.15, -0.1) is 0 Å². The highest BCUT2D eigenvalue weighted by Gasteiger charge is 1.98. The topological polar surface area (TPSA) is 18.5 Å². The summed E-state index contributed by atoms with van der Waals surface area (Å²) in [4.78, 5) is 0. The lowest BCUT2D eigenvalue weighted by Crippen LogP contribution is -1.87. The van der Waals surface area contributed by atoms with Crippen LogP contribution in [0.3, 0.4) is 0 Å². The van der Waals surface area contributed by atoms with E-state index >= 15 is 0 Å². The van der Waals surface area contributed by atoms with Crippen LogP contribution in [0.25, 0.3) is 0 Å². The molecule has 120 valence electrons. The second-order valence-corrected chi connectivity index (χ2v) is 5.86. The molecule has 0 atom stereocenters. The van der Waals surface area contributed by atoms with E-state index in [0.717, 1.165) is 11.5 Å². The maximum Gasteiger partial charge on any atom is 0.118 e. The third kappa shape index (κ3) is 5.80. The first-order valence-electron chi connectivity index (χ1n) is 7.75. The molecule has 0 bridgehead atoms. The molecule has 0 amide bonds. The van der Waals surface area contributed by atoms with E-state index < -0.39 is 0 Å². The fourth-order valence-electron chi connectivity index (χ4n) is 1.98. The summed E-state index contributed by atoms with van der Waals surface area (Å²) in [6.07, 6.45) is 0. The number of rotatable bonds is 4. The van der Waals surface area contributed by atoms with Crippen molar-refractivity contribution in [2.75, 3.05) is 14.2 Å². The van der Waals surface area contributed by atoms with Gasteiger partial charge >= 0.3 is 0 Å². The predicted molar refractivity (Wildman–Crippen MR) is 94.2 cm³/mol. The monoisotopic (exact) mass is 300 g/mol. The van der Waals surface area contributed by atoms with Crippen LogP contribution in [0.5, 0.6) is 11.5 Å². The zero-order valence-corrected chi connectivity index (χ0v) is 14.6. The summed E-state index contributed by atoms with van der Waals surface area (Å²) < 4.78 is 10.1. The Morgan fingerprint density at radius 3 is 1.00 bits per heavy atom. The van der Waals surface area contributed by atoms with Crippen LogP contribution in [0.2, 0.25) is 0 Å². The third-order valence-electron chi connectivity index (χ3n) is 3.56. The number of hydrogen-bond acceptors (Lipinski definition) is 2. The Morgan fingerprint density at radius 1 is 0.545 bits per heavy atom. The molecule has 22 heavy (non-hydrogen) atoms. The van der Waals surface area contributed by atoms with Crippen LogP contribution < -0.4 is 9.47 Å². The van der Waals surface area contributed by atoms with E-state index in [9.17, 15) is 0 Å². The van der Waals surface area contributed by atoms with Gasteiger partial charge in [0.1, 0.15) is 11.5 Å². The quantitative estimate of drug-likeness (QED) is 0.727. The van der Waals surface area contributed by atoms with Gasteiger partial charge in [0.2, 0.25) is 0 Å². The van der Waals surface area contributed by atoms with Crippen molar-refractivity contribution in [2.45, 2.75) is 39.5 Å². The Bertz CT molecular complexity index is 473. The summed E-state index contributed by atoms with van der Waals surface area (Å²) in [5.41, 5.74) is 2.71. The average molecular weight is 300 g/mol. The van der Waals surface area contributed by atoms with Gasteiger partial charge in [0.15, 0.2) is 0 Å². The zero-order chi connectivity index (χ0) is 16.5. The molecule has 2 heteroatoms. The minimum Gasteiger partial charge on any atom is -0.497 e. The molecule has 2 aromatic carbocycles. The van der Waals surface area contributed by atoms with Crippen molar-refractivity contribution in [2.24, 2.45) is 0 Å². The van der Waals surface area contributed by atoms with Gasteiger partial charge in [-0.05, 0) is 47.2 Å². The van der Waals surface area contributed by atoms with E-state index in [1.807, 2.05) is 24.3 Å². The van der Waals surface area contributed by atoms with Gasteiger partial charge < -0.3 is 9.47 Å². The number of benzene rings is 2. The lowest BCUT2D eigenvalue weighted by atomic mass is 10.0. The molecule has 0 saturated heterocycles. The van der Waals surface area contributed by atoms with Gasteiger partial charge in [0.25, 0.3) is 0 Å². The Kier molecular flexibility index (Phi) is 7.51. The van der Waals surface area contributed by atoms with Crippen molar-refractivity contribution in [1.82, 2.24) is 0 Å². The highest BCUT2D eigenvalue weighted by atomic mass is 16.5. The van der Waals surface area contributed by atoms with E-state index in [1.165, 1.54) is 11.1 Å². The Balaban J connectivity index is 0.000000220. The smallest absolute Gasteiger partial charge is 0.118 e. The van der Waals surface area contributed by atoms with Crippen LogP contribution in [0.4, 0.5) is 0 Å². The summed E-state index contributed by atoms with van der Waals surface area (Å²) in [7, 11) is 3.37. The normalized spacial score (nSPS) is 10.2. The van der Waals surface area contributed by atoms with Crippen LogP contribution in [-0.4, -0.2) is 14.2 Å². The largest absolute Gasteiger partial charge is 0.497 e.